The van der Waals surface area contributed by atoms with Gasteiger partial charge in [-0.15, -0.1) is 11.3 Å². The van der Waals surface area contributed by atoms with Gasteiger partial charge in [-0.1, -0.05) is 140 Å². The van der Waals surface area contributed by atoms with Crippen LogP contribution in [0.1, 0.15) is 127 Å². The number of nitrogens with one attached hydrogen (secondary N) is 1. The fourth-order valence-electron chi connectivity index (χ4n) is 12.1. The highest BCUT2D eigenvalue weighted by Gasteiger charge is 2.43. The Morgan fingerprint density at radius 3 is 2.56 bits per heavy atom. The van der Waals surface area contributed by atoms with E-state index in [-0.39, 0.29) is 12.1 Å². The first-order valence-electron chi connectivity index (χ1n) is 25.0. The van der Waals surface area contributed by atoms with Gasteiger partial charge >= 0.3 is 0 Å². The number of amidine groups is 2. The summed E-state index contributed by atoms with van der Waals surface area (Å²) in [6, 6.07) is 38.6. The third-order valence-corrected chi connectivity index (χ3v) is 16.7. The van der Waals surface area contributed by atoms with E-state index in [2.05, 4.69) is 162 Å². The monoisotopic (exact) mass is 899 g/mol. The van der Waals surface area contributed by atoms with E-state index < -0.39 is 0 Å². The summed E-state index contributed by atoms with van der Waals surface area (Å²) in [6.07, 6.45) is 34.9. The number of allylic oxidation sites excluding steroid dienone is 7. The zero-order valence-electron chi connectivity index (χ0n) is 38.3. The number of aliphatic imine (C=N–C) groups is 2. The molecule has 1 N–H and O–H groups in total. The Kier molecular flexibility index (Phi) is 10.7. The highest BCUT2D eigenvalue weighted by molar-refractivity contribution is 7.19. The number of hydrogen-bond acceptors (Lipinski definition) is 6. The highest BCUT2D eigenvalue weighted by Crippen LogP contribution is 2.53. The Bertz CT molecular complexity index is 3240. The van der Waals surface area contributed by atoms with Gasteiger partial charge in [-0.2, -0.15) is 0 Å². The number of hydrogen-bond donors (Lipinski definition) is 1. The number of fused-ring (bicyclic) bond motifs is 6. The van der Waals surface area contributed by atoms with E-state index in [0.717, 1.165) is 71.5 Å². The van der Waals surface area contributed by atoms with Crippen molar-refractivity contribution in [3.63, 3.8) is 0 Å². The maximum absolute atomic E-state index is 5.61. The van der Waals surface area contributed by atoms with Crippen LogP contribution in [0, 0.1) is 24.0 Å². The first kappa shape index (κ1) is 41.2. The molecular weight excluding hydrogens is 847 g/mol. The molecule has 7 aliphatic rings. The molecule has 1 fully saturated rings. The number of aromatic nitrogens is 1. The lowest BCUT2D eigenvalue weighted by Gasteiger charge is -2.40. The van der Waals surface area contributed by atoms with E-state index in [1.54, 1.807) is 5.56 Å². The summed E-state index contributed by atoms with van der Waals surface area (Å²) in [5, 5.41) is 5.01. The number of nitrogens with zero attached hydrogens (tertiary/aromatic N) is 4. The van der Waals surface area contributed by atoms with Crippen molar-refractivity contribution < 1.29 is 0 Å². The highest BCUT2D eigenvalue weighted by atomic mass is 32.1. The van der Waals surface area contributed by atoms with Crippen molar-refractivity contribution in [1.82, 2.24) is 10.3 Å². The SMILES string of the molecule is C1#Cc2c(sc3cc4c(cc23)N(C2CCCCC2)C2CC=CCC42)C(c2ncc(-c3cc(C4C=CC=CC4)ccc3-c3ccccc3)cc2C2=NC(C3=CCCC=C3)NC(c3cc#ccc3)=N2)C1. The fraction of sp³-hybridized carbons (Fsp3) is 0.274. The fourth-order valence-corrected chi connectivity index (χ4v) is 13.4. The van der Waals surface area contributed by atoms with E-state index in [9.17, 15) is 0 Å². The Hall–Kier alpha value is -6.99. The van der Waals surface area contributed by atoms with Gasteiger partial charge in [0.1, 0.15) is 12.0 Å². The zero-order valence-corrected chi connectivity index (χ0v) is 39.1. The first-order chi connectivity index (χ1) is 33.7. The second-order valence-electron chi connectivity index (χ2n) is 19.5. The molecular formula is C62H53N5S. The lowest BCUT2D eigenvalue weighted by molar-refractivity contribution is 0.376. The standard InChI is InChI=1S/C62H53N5S/c1-6-19-40(20-7-1)44-33-34-47(41-21-8-2-9-22-41)51(35-44)45-36-54(62-65-60(42-23-10-3-11-24-42)64-61(66-62)43-25-12-4-13-26-43)58(63-39-45)50-31-18-30-49-53-37-56-52(38-57(53)68-59(49)50)48-29-16-17-32-55(48)67(56)46-27-14-5-15-28-46/h1-2,6-10,12,16-17,19,21-26,33-40,46,48,50,55,60H,3,5,11,14-15,20,27-29,31-32H2,(H,64,65,66). The average Bonchev–Trinajstić information content (AvgIpc) is 3.96. The van der Waals surface area contributed by atoms with Gasteiger partial charge in [-0.05, 0) is 121 Å². The molecule has 0 saturated heterocycles. The van der Waals surface area contributed by atoms with Gasteiger partial charge in [-0.3, -0.25) is 4.98 Å². The predicted molar refractivity (Wildman–Crippen MR) is 281 cm³/mol. The van der Waals surface area contributed by atoms with E-state index >= 15 is 0 Å². The van der Waals surface area contributed by atoms with Crippen LogP contribution in [0.4, 0.5) is 5.69 Å². The molecule has 0 spiro atoms. The van der Waals surface area contributed by atoms with Crippen molar-refractivity contribution in [2.75, 3.05) is 4.90 Å². The molecule has 2 aliphatic heterocycles. The lowest BCUT2D eigenvalue weighted by atomic mass is 9.85. The molecule has 6 heteroatoms. The molecule has 332 valence electrons. The molecule has 1 saturated carbocycles. The summed E-state index contributed by atoms with van der Waals surface area (Å²) in [6.45, 7) is 0. The molecule has 6 aromatic rings. The summed E-state index contributed by atoms with van der Waals surface area (Å²) in [4.78, 5) is 20.7. The van der Waals surface area contributed by atoms with E-state index in [1.807, 2.05) is 29.5 Å². The Morgan fingerprint density at radius 2 is 1.71 bits per heavy atom. The molecule has 5 aliphatic carbocycles. The van der Waals surface area contributed by atoms with Crippen LogP contribution >= 0.6 is 11.3 Å². The molecule has 4 heterocycles. The van der Waals surface area contributed by atoms with Crippen LogP contribution < -0.4 is 10.2 Å². The smallest absolute Gasteiger partial charge is 0.161 e. The van der Waals surface area contributed by atoms with Gasteiger partial charge in [0.2, 0.25) is 0 Å². The lowest BCUT2D eigenvalue weighted by Crippen LogP contribution is -2.43. The van der Waals surface area contributed by atoms with Gasteiger partial charge in [0.05, 0.1) is 5.69 Å². The molecule has 68 heavy (non-hydrogen) atoms. The third-order valence-electron chi connectivity index (χ3n) is 15.5. The van der Waals surface area contributed by atoms with Crippen molar-refractivity contribution in [2.24, 2.45) is 9.98 Å². The molecule has 0 bridgehead atoms. The zero-order chi connectivity index (χ0) is 45.0. The Balaban J connectivity index is 0.994. The second-order valence-corrected chi connectivity index (χ2v) is 20.6. The van der Waals surface area contributed by atoms with Gasteiger partial charge in [0, 0.05) is 85.4 Å². The average molecular weight is 900 g/mol. The summed E-state index contributed by atoms with van der Waals surface area (Å²) >= 11 is 1.93. The van der Waals surface area contributed by atoms with Crippen LogP contribution in [0.15, 0.2) is 161 Å². The van der Waals surface area contributed by atoms with Crippen molar-refractivity contribution >= 4 is 38.8 Å². The van der Waals surface area contributed by atoms with Crippen molar-refractivity contribution in [3.8, 4) is 34.1 Å². The van der Waals surface area contributed by atoms with Crippen molar-refractivity contribution in [1.29, 1.82) is 0 Å². The third kappa shape index (κ3) is 7.38. The summed E-state index contributed by atoms with van der Waals surface area (Å²) < 4.78 is 1.34. The van der Waals surface area contributed by atoms with Crippen LogP contribution in [-0.4, -0.2) is 34.9 Å². The van der Waals surface area contributed by atoms with Gasteiger partial charge in [-0.25, -0.2) is 9.98 Å². The first-order valence-corrected chi connectivity index (χ1v) is 25.8. The van der Waals surface area contributed by atoms with E-state index in [1.165, 1.54) is 75.0 Å². The number of anilines is 1. The van der Waals surface area contributed by atoms with Gasteiger partial charge in [0.25, 0.3) is 0 Å². The summed E-state index contributed by atoms with van der Waals surface area (Å²) in [5.74, 6) is 9.63. The molecule has 13 rings (SSSR count). The molecule has 5 atom stereocenters. The predicted octanol–water partition coefficient (Wildman–Crippen LogP) is 14.1. The van der Waals surface area contributed by atoms with Crippen LogP contribution in [0.25, 0.3) is 32.3 Å². The van der Waals surface area contributed by atoms with E-state index in [4.69, 9.17) is 15.0 Å². The number of pyridine rings is 1. The van der Waals surface area contributed by atoms with Crippen LogP contribution in [-0.2, 0) is 0 Å². The number of rotatable bonds is 8. The van der Waals surface area contributed by atoms with Crippen molar-refractivity contribution in [2.45, 2.75) is 107 Å². The van der Waals surface area contributed by atoms with Crippen LogP contribution in [0.2, 0.25) is 0 Å². The largest absolute Gasteiger partial charge is 0.364 e. The molecule has 5 unspecified atom stereocenters. The maximum atomic E-state index is 5.61. The minimum atomic E-state index is -0.317. The quantitative estimate of drug-likeness (QED) is 0.122. The Labute approximate surface area is 404 Å². The van der Waals surface area contributed by atoms with E-state index in [0.29, 0.717) is 36.2 Å². The number of thiophene rings is 1. The summed E-state index contributed by atoms with van der Waals surface area (Å²) in [5.41, 5.74) is 14.0. The normalized spacial score (nSPS) is 23.6. The molecule has 5 nitrogen and oxygen atoms in total. The van der Waals surface area contributed by atoms with Gasteiger partial charge in [0.15, 0.2) is 5.84 Å². The minimum absolute atomic E-state index is 0.0513. The topological polar surface area (TPSA) is 52.9 Å². The molecule has 0 radical (unpaired) electrons. The Morgan fingerprint density at radius 1 is 0.779 bits per heavy atom. The molecule has 2 aromatic heterocycles. The second kappa shape index (κ2) is 17.6. The maximum Gasteiger partial charge on any atom is 0.161 e. The van der Waals surface area contributed by atoms with Crippen molar-refractivity contribution in [3.05, 3.63) is 202 Å². The summed E-state index contributed by atoms with van der Waals surface area (Å²) in [7, 11) is 0. The number of benzene rings is 3. The van der Waals surface area contributed by atoms with Crippen LogP contribution in [0.3, 0.4) is 0 Å². The van der Waals surface area contributed by atoms with Crippen LogP contribution in [0.5, 0.6) is 0 Å². The molecule has 0 amide bonds. The minimum Gasteiger partial charge on any atom is -0.364 e. The molecule has 4 aromatic carbocycles. The van der Waals surface area contributed by atoms with Gasteiger partial charge < -0.3 is 10.2 Å².